The first-order valence-electron chi connectivity index (χ1n) is 7.26. The van der Waals surface area contributed by atoms with E-state index in [1.807, 2.05) is 6.92 Å². The maximum absolute atomic E-state index is 12.9. The van der Waals surface area contributed by atoms with Gasteiger partial charge < -0.3 is 10.8 Å². The van der Waals surface area contributed by atoms with Crippen molar-refractivity contribution >= 4 is 21.4 Å². The van der Waals surface area contributed by atoms with Gasteiger partial charge in [0.15, 0.2) is 9.84 Å². The van der Waals surface area contributed by atoms with Gasteiger partial charge in [0.05, 0.1) is 22.3 Å². The third kappa shape index (κ3) is 2.68. The highest BCUT2D eigenvalue weighted by molar-refractivity contribution is 7.92. The number of nitrogens with two attached hydrogens (primary N) is 1. The van der Waals surface area contributed by atoms with Crippen LogP contribution < -0.4 is 5.73 Å². The predicted molar refractivity (Wildman–Crippen MR) is 90.4 cm³/mol. The van der Waals surface area contributed by atoms with Gasteiger partial charge >= 0.3 is 0 Å². The van der Waals surface area contributed by atoms with Crippen LogP contribution >= 0.6 is 11.6 Å². The van der Waals surface area contributed by atoms with Gasteiger partial charge in [0.2, 0.25) is 0 Å². The van der Waals surface area contributed by atoms with Crippen LogP contribution in [0, 0.1) is 6.92 Å². The molecule has 0 aromatic heterocycles. The molecule has 2 aromatic carbocycles. The fourth-order valence-electron chi connectivity index (χ4n) is 3.11. The molecule has 0 saturated heterocycles. The van der Waals surface area contributed by atoms with E-state index in [9.17, 15) is 13.5 Å². The summed E-state index contributed by atoms with van der Waals surface area (Å²) in [5, 5.41) is 9.39. The Morgan fingerprint density at radius 1 is 1.13 bits per heavy atom. The Hall–Kier alpha value is -1.40. The quantitative estimate of drug-likeness (QED) is 0.885. The molecule has 1 aliphatic carbocycles. The summed E-state index contributed by atoms with van der Waals surface area (Å²) in [6.45, 7) is 1.50. The third-order valence-corrected chi connectivity index (χ3v) is 7.05. The van der Waals surface area contributed by atoms with Crippen LogP contribution in [0.1, 0.15) is 17.0 Å². The van der Waals surface area contributed by atoms with E-state index in [2.05, 4.69) is 0 Å². The Morgan fingerprint density at radius 3 is 2.22 bits per heavy atom. The van der Waals surface area contributed by atoms with E-state index >= 15 is 0 Å². The summed E-state index contributed by atoms with van der Waals surface area (Å²) in [6.07, 6.45) is 0. The average Bonchev–Trinajstić information content (AvgIpc) is 3.16. The highest BCUT2D eigenvalue weighted by Gasteiger charge is 2.69. The Bertz CT molecular complexity index is 818. The van der Waals surface area contributed by atoms with Crippen molar-refractivity contribution in [2.24, 2.45) is 5.73 Å². The Labute approximate surface area is 140 Å². The summed E-state index contributed by atoms with van der Waals surface area (Å²) in [5.74, 6) is -0.448. The molecule has 3 atom stereocenters. The first-order valence-corrected chi connectivity index (χ1v) is 9.19. The molecule has 3 N–H and O–H groups in total. The number of aliphatic hydroxyl groups excluding tert-OH is 1. The zero-order valence-electron chi connectivity index (χ0n) is 12.6. The van der Waals surface area contributed by atoms with Gasteiger partial charge in [-0.15, -0.1) is 0 Å². The third-order valence-electron chi connectivity index (χ3n) is 4.49. The van der Waals surface area contributed by atoms with Gasteiger partial charge in [0.25, 0.3) is 0 Å². The molecule has 0 spiro atoms. The molecule has 3 unspecified atom stereocenters. The van der Waals surface area contributed by atoms with E-state index in [1.165, 1.54) is 0 Å². The molecular weight excluding hydrogens is 334 g/mol. The van der Waals surface area contributed by atoms with Crippen molar-refractivity contribution in [1.29, 1.82) is 0 Å². The lowest BCUT2D eigenvalue weighted by Gasteiger charge is -2.08. The maximum atomic E-state index is 12.9. The standard InChI is InChI=1S/C17H18ClNO3S/c1-11-2-8-14(9-3-11)23(21,22)16-15(17(16,19)10-20)12-4-6-13(18)7-5-12/h2-9,15-16,20H,10,19H2,1H3. The van der Waals surface area contributed by atoms with Crippen LogP contribution in [0.5, 0.6) is 0 Å². The first-order chi connectivity index (χ1) is 10.8. The number of rotatable bonds is 4. The maximum Gasteiger partial charge on any atom is 0.183 e. The van der Waals surface area contributed by atoms with Crippen molar-refractivity contribution < 1.29 is 13.5 Å². The van der Waals surface area contributed by atoms with E-state index in [0.29, 0.717) is 5.02 Å². The first kappa shape index (κ1) is 16.5. The van der Waals surface area contributed by atoms with Crippen LogP contribution in [-0.2, 0) is 9.84 Å². The monoisotopic (exact) mass is 351 g/mol. The van der Waals surface area contributed by atoms with E-state index in [-0.39, 0.29) is 4.90 Å². The highest BCUT2D eigenvalue weighted by Crippen LogP contribution is 2.55. The van der Waals surface area contributed by atoms with Crippen molar-refractivity contribution in [3.63, 3.8) is 0 Å². The minimum atomic E-state index is -3.63. The normalized spacial score (nSPS) is 27.0. The molecule has 0 amide bonds. The highest BCUT2D eigenvalue weighted by atomic mass is 35.5. The van der Waals surface area contributed by atoms with Gasteiger partial charge in [-0.3, -0.25) is 0 Å². The average molecular weight is 352 g/mol. The summed E-state index contributed by atoms with van der Waals surface area (Å²) < 4.78 is 25.8. The molecule has 1 fully saturated rings. The molecule has 2 aromatic rings. The number of aliphatic hydroxyl groups is 1. The number of hydrogen-bond acceptors (Lipinski definition) is 4. The van der Waals surface area contributed by atoms with Crippen LogP contribution in [0.2, 0.25) is 5.02 Å². The lowest BCUT2D eigenvalue weighted by molar-refractivity contribution is 0.253. The predicted octanol–water partition coefficient (Wildman–Crippen LogP) is 2.28. The molecule has 0 aliphatic heterocycles. The zero-order valence-corrected chi connectivity index (χ0v) is 14.2. The van der Waals surface area contributed by atoms with Crippen molar-refractivity contribution in [2.45, 2.75) is 28.5 Å². The van der Waals surface area contributed by atoms with E-state index in [1.54, 1.807) is 48.5 Å². The molecule has 1 saturated carbocycles. The lowest BCUT2D eigenvalue weighted by Crippen LogP contribution is -2.35. The molecule has 0 heterocycles. The van der Waals surface area contributed by atoms with Gasteiger partial charge in [-0.2, -0.15) is 0 Å². The van der Waals surface area contributed by atoms with Crippen LogP contribution in [0.25, 0.3) is 0 Å². The summed E-state index contributed by atoms with van der Waals surface area (Å²) in [6, 6.07) is 13.6. The second-order valence-electron chi connectivity index (χ2n) is 6.08. The van der Waals surface area contributed by atoms with Crippen molar-refractivity contribution in [1.82, 2.24) is 0 Å². The van der Waals surface area contributed by atoms with Crippen LogP contribution in [0.4, 0.5) is 0 Å². The summed E-state index contributed by atoms with van der Waals surface area (Å²) in [7, 11) is -3.63. The fourth-order valence-corrected chi connectivity index (χ4v) is 5.53. The van der Waals surface area contributed by atoms with Crippen LogP contribution in [0.3, 0.4) is 0 Å². The molecule has 6 heteroatoms. The topological polar surface area (TPSA) is 80.4 Å². The zero-order chi connectivity index (χ0) is 16.8. The number of benzene rings is 2. The van der Waals surface area contributed by atoms with Gasteiger partial charge in [0.1, 0.15) is 0 Å². The molecule has 0 bridgehead atoms. The molecule has 1 aliphatic rings. The number of halogens is 1. The Balaban J connectivity index is 2.01. The minimum absolute atomic E-state index is 0.229. The van der Waals surface area contributed by atoms with Crippen molar-refractivity contribution in [3.8, 4) is 0 Å². The molecule has 0 radical (unpaired) electrons. The SMILES string of the molecule is Cc1ccc(S(=O)(=O)C2C(c3ccc(Cl)cc3)C2(N)CO)cc1. The summed E-state index contributed by atoms with van der Waals surface area (Å²) >= 11 is 5.88. The van der Waals surface area contributed by atoms with Crippen LogP contribution in [0.15, 0.2) is 53.4 Å². The molecular formula is C17H18ClNO3S. The van der Waals surface area contributed by atoms with E-state index in [4.69, 9.17) is 17.3 Å². The Kier molecular flexibility index (Phi) is 4.01. The largest absolute Gasteiger partial charge is 0.394 e. The van der Waals surface area contributed by atoms with E-state index in [0.717, 1.165) is 11.1 Å². The van der Waals surface area contributed by atoms with E-state index < -0.39 is 33.2 Å². The van der Waals surface area contributed by atoms with Gasteiger partial charge in [-0.1, -0.05) is 41.4 Å². The van der Waals surface area contributed by atoms with Gasteiger partial charge in [0, 0.05) is 10.9 Å². The van der Waals surface area contributed by atoms with Crippen molar-refractivity contribution in [3.05, 3.63) is 64.7 Å². The number of aryl methyl sites for hydroxylation is 1. The fraction of sp³-hybridized carbons (Fsp3) is 0.294. The van der Waals surface area contributed by atoms with Gasteiger partial charge in [-0.05, 0) is 36.8 Å². The second-order valence-corrected chi connectivity index (χ2v) is 8.58. The molecule has 4 nitrogen and oxygen atoms in total. The van der Waals surface area contributed by atoms with Crippen molar-refractivity contribution in [2.75, 3.05) is 6.61 Å². The van der Waals surface area contributed by atoms with Gasteiger partial charge in [-0.25, -0.2) is 8.42 Å². The number of sulfone groups is 1. The summed E-state index contributed by atoms with van der Waals surface area (Å²) in [5.41, 5.74) is 6.78. The minimum Gasteiger partial charge on any atom is -0.394 e. The molecule has 3 rings (SSSR count). The second kappa shape index (κ2) is 5.60. The Morgan fingerprint density at radius 2 is 1.70 bits per heavy atom. The lowest BCUT2D eigenvalue weighted by atomic mass is 10.1. The molecule has 122 valence electrons. The summed E-state index contributed by atoms with van der Waals surface area (Å²) in [4.78, 5) is 0.229. The smallest absolute Gasteiger partial charge is 0.183 e. The van der Waals surface area contributed by atoms with Crippen LogP contribution in [-0.4, -0.2) is 30.9 Å². The number of hydrogen-bond donors (Lipinski definition) is 2. The molecule has 23 heavy (non-hydrogen) atoms.